The first kappa shape index (κ1) is 20.1. The van der Waals surface area contributed by atoms with Crippen molar-refractivity contribution in [2.45, 2.75) is 63.5 Å². The van der Waals surface area contributed by atoms with Crippen molar-refractivity contribution in [2.75, 3.05) is 11.4 Å². The van der Waals surface area contributed by atoms with Crippen molar-refractivity contribution in [3.63, 3.8) is 0 Å². The molecule has 9 heteroatoms. The highest BCUT2D eigenvalue weighted by molar-refractivity contribution is 5.83. The number of aromatic nitrogens is 6. The fraction of sp³-hybridized carbons (Fsp3) is 0.480. The third-order valence-electron chi connectivity index (χ3n) is 8.08. The molecule has 34 heavy (non-hydrogen) atoms. The Hall–Kier alpha value is -3.36. The van der Waals surface area contributed by atoms with Gasteiger partial charge in [-0.3, -0.25) is 9.36 Å². The molecule has 3 aromatic heterocycles. The monoisotopic (exact) mass is 459 g/mol. The quantitative estimate of drug-likeness (QED) is 0.487. The average molecular weight is 460 g/mol. The Morgan fingerprint density at radius 2 is 1.94 bits per heavy atom. The van der Waals surface area contributed by atoms with E-state index in [0.29, 0.717) is 11.2 Å². The zero-order valence-corrected chi connectivity index (χ0v) is 18.9. The molecule has 1 atom stereocenters. The Kier molecular flexibility index (Phi) is 4.32. The number of nitrogens with one attached hydrogen (secondary N) is 1. The van der Waals surface area contributed by atoms with Crippen molar-refractivity contribution in [2.24, 2.45) is 5.41 Å². The Labute approximate surface area is 195 Å². The van der Waals surface area contributed by atoms with E-state index < -0.39 is 5.82 Å². The summed E-state index contributed by atoms with van der Waals surface area (Å²) in [6, 6.07) is 4.66. The Bertz CT molecular complexity index is 1470. The van der Waals surface area contributed by atoms with E-state index >= 15 is 0 Å². The van der Waals surface area contributed by atoms with Crippen LogP contribution >= 0.6 is 0 Å². The zero-order valence-electron chi connectivity index (χ0n) is 18.9. The number of benzene rings is 1. The standard InChI is InChI=1S/C25H26FN7O/c26-16-7-4-8-17-19(16)24(34)33(15-5-2-1-3-6-15)22(31-17)18-11-25(9-10-25)12-32(18)23-20-21(28-13-27-20)29-14-30-23/h4,7-8,13-15,18H,1-3,5-6,9-12H2,(H,27,28,29,30)/t18-/m0/s1. The molecule has 0 radical (unpaired) electrons. The van der Waals surface area contributed by atoms with E-state index in [1.54, 1.807) is 24.8 Å². The molecule has 1 aromatic carbocycles. The second-order valence-corrected chi connectivity index (χ2v) is 10.2. The van der Waals surface area contributed by atoms with Gasteiger partial charge in [0.2, 0.25) is 0 Å². The van der Waals surface area contributed by atoms with Crippen LogP contribution in [0.4, 0.5) is 10.2 Å². The summed E-state index contributed by atoms with van der Waals surface area (Å²) in [5, 5.41) is 0.0977. The lowest BCUT2D eigenvalue weighted by molar-refractivity contribution is 0.329. The zero-order chi connectivity index (χ0) is 22.9. The molecule has 4 heterocycles. The second kappa shape index (κ2) is 7.32. The highest BCUT2D eigenvalue weighted by Gasteiger charge is 2.54. The molecule has 1 N–H and O–H groups in total. The van der Waals surface area contributed by atoms with Crippen LogP contribution in [0.1, 0.15) is 69.3 Å². The molecule has 174 valence electrons. The predicted molar refractivity (Wildman–Crippen MR) is 126 cm³/mol. The molecule has 3 aliphatic rings. The van der Waals surface area contributed by atoms with Crippen LogP contribution < -0.4 is 10.5 Å². The second-order valence-electron chi connectivity index (χ2n) is 10.2. The van der Waals surface area contributed by atoms with E-state index in [-0.39, 0.29) is 28.4 Å². The van der Waals surface area contributed by atoms with Crippen LogP contribution in [0.15, 0.2) is 35.6 Å². The van der Waals surface area contributed by atoms with Gasteiger partial charge in [0.25, 0.3) is 5.56 Å². The van der Waals surface area contributed by atoms with Crippen LogP contribution in [-0.2, 0) is 0 Å². The van der Waals surface area contributed by atoms with Gasteiger partial charge in [-0.2, -0.15) is 0 Å². The summed E-state index contributed by atoms with van der Waals surface area (Å²) in [6.45, 7) is 0.852. The van der Waals surface area contributed by atoms with Gasteiger partial charge in [0.1, 0.15) is 28.9 Å². The van der Waals surface area contributed by atoms with E-state index in [0.717, 1.165) is 68.6 Å². The summed E-state index contributed by atoms with van der Waals surface area (Å²) < 4.78 is 16.7. The fourth-order valence-electron chi connectivity index (χ4n) is 6.17. The van der Waals surface area contributed by atoms with Gasteiger partial charge >= 0.3 is 0 Å². The Balaban J connectivity index is 1.46. The molecule has 1 spiro atoms. The van der Waals surface area contributed by atoms with Crippen LogP contribution in [0.2, 0.25) is 0 Å². The molecule has 0 bridgehead atoms. The fourth-order valence-corrected chi connectivity index (χ4v) is 6.17. The number of fused-ring (bicyclic) bond motifs is 2. The minimum Gasteiger partial charge on any atom is -0.344 e. The minimum atomic E-state index is -0.497. The highest BCUT2D eigenvalue weighted by atomic mass is 19.1. The van der Waals surface area contributed by atoms with Gasteiger partial charge in [-0.15, -0.1) is 0 Å². The maximum Gasteiger partial charge on any atom is 0.264 e. The molecule has 2 aliphatic carbocycles. The Morgan fingerprint density at radius 1 is 1.09 bits per heavy atom. The molecule has 0 unspecified atom stereocenters. The summed E-state index contributed by atoms with van der Waals surface area (Å²) in [5.41, 5.74) is 1.81. The number of H-pyrrole nitrogens is 1. The first-order chi connectivity index (χ1) is 16.6. The van der Waals surface area contributed by atoms with E-state index in [2.05, 4.69) is 24.8 Å². The van der Waals surface area contributed by atoms with Gasteiger partial charge in [-0.1, -0.05) is 25.3 Å². The third kappa shape index (κ3) is 2.98. The topological polar surface area (TPSA) is 92.6 Å². The molecule has 1 saturated heterocycles. The van der Waals surface area contributed by atoms with Crippen molar-refractivity contribution >= 4 is 27.9 Å². The average Bonchev–Trinajstić information content (AvgIpc) is 3.25. The molecule has 1 aliphatic heterocycles. The number of aromatic amines is 1. The van der Waals surface area contributed by atoms with Gasteiger partial charge in [0, 0.05) is 12.6 Å². The maximum absolute atomic E-state index is 14.8. The molecule has 4 aromatic rings. The summed E-state index contributed by atoms with van der Waals surface area (Å²) in [6.07, 6.45) is 11.6. The number of hydrogen-bond donors (Lipinski definition) is 1. The van der Waals surface area contributed by atoms with Crippen molar-refractivity contribution < 1.29 is 4.39 Å². The number of rotatable bonds is 3. The molecule has 8 nitrogen and oxygen atoms in total. The molecule has 2 saturated carbocycles. The normalized spacial score (nSPS) is 22.3. The summed E-state index contributed by atoms with van der Waals surface area (Å²) in [7, 11) is 0. The highest BCUT2D eigenvalue weighted by Crippen LogP contribution is 2.59. The van der Waals surface area contributed by atoms with Gasteiger partial charge in [-0.25, -0.2) is 24.3 Å². The molecule has 3 fully saturated rings. The summed E-state index contributed by atoms with van der Waals surface area (Å²) in [4.78, 5) is 37.6. The van der Waals surface area contributed by atoms with Crippen LogP contribution in [0.3, 0.4) is 0 Å². The van der Waals surface area contributed by atoms with Crippen LogP contribution in [-0.4, -0.2) is 36.0 Å². The molecular weight excluding hydrogens is 433 g/mol. The maximum atomic E-state index is 14.8. The van der Waals surface area contributed by atoms with Gasteiger partial charge in [0.05, 0.1) is 17.9 Å². The van der Waals surface area contributed by atoms with E-state index in [4.69, 9.17) is 4.98 Å². The van der Waals surface area contributed by atoms with Crippen molar-refractivity contribution in [1.82, 2.24) is 29.5 Å². The predicted octanol–water partition coefficient (Wildman–Crippen LogP) is 4.44. The summed E-state index contributed by atoms with van der Waals surface area (Å²) >= 11 is 0. The minimum absolute atomic E-state index is 0.0444. The van der Waals surface area contributed by atoms with E-state index in [1.807, 2.05) is 4.57 Å². The van der Waals surface area contributed by atoms with Gasteiger partial charge < -0.3 is 9.88 Å². The van der Waals surface area contributed by atoms with Crippen molar-refractivity contribution in [3.05, 3.63) is 52.8 Å². The van der Waals surface area contributed by atoms with Crippen molar-refractivity contribution in [1.29, 1.82) is 0 Å². The number of anilines is 1. The number of halogens is 1. The van der Waals surface area contributed by atoms with Gasteiger partial charge in [-0.05, 0) is 49.7 Å². The first-order valence-corrected chi connectivity index (χ1v) is 12.2. The third-order valence-corrected chi connectivity index (χ3v) is 8.08. The van der Waals surface area contributed by atoms with Crippen molar-refractivity contribution in [3.8, 4) is 0 Å². The lowest BCUT2D eigenvalue weighted by Gasteiger charge is -2.31. The lowest BCUT2D eigenvalue weighted by atomic mass is 9.94. The first-order valence-electron chi connectivity index (χ1n) is 12.2. The molecule has 0 amide bonds. The number of hydrogen-bond acceptors (Lipinski definition) is 6. The molecular formula is C25H26FN7O. The largest absolute Gasteiger partial charge is 0.344 e. The van der Waals surface area contributed by atoms with Crippen LogP contribution in [0.5, 0.6) is 0 Å². The Morgan fingerprint density at radius 3 is 2.76 bits per heavy atom. The van der Waals surface area contributed by atoms with Crippen LogP contribution in [0.25, 0.3) is 22.1 Å². The SMILES string of the molecule is O=c1c2c(F)cccc2nc([C@@H]2CC3(CC3)CN2c2ncnc3nc[nH]c23)n1C1CCCCC1. The summed E-state index contributed by atoms with van der Waals surface area (Å²) in [5.74, 6) is 1.04. The van der Waals surface area contributed by atoms with Gasteiger partial charge in [0.15, 0.2) is 11.5 Å². The van der Waals surface area contributed by atoms with E-state index in [1.165, 1.54) is 12.5 Å². The lowest BCUT2D eigenvalue weighted by Crippen LogP contribution is -2.36. The van der Waals surface area contributed by atoms with Crippen LogP contribution in [0, 0.1) is 11.2 Å². The number of imidazole rings is 1. The smallest absolute Gasteiger partial charge is 0.264 e. The molecule has 7 rings (SSSR count). The number of nitrogens with zero attached hydrogens (tertiary/aromatic N) is 6. The van der Waals surface area contributed by atoms with E-state index in [9.17, 15) is 9.18 Å².